The molecule has 2 heteroatoms. The summed E-state index contributed by atoms with van der Waals surface area (Å²) < 4.78 is 0. The van der Waals surface area contributed by atoms with E-state index in [4.69, 9.17) is 0 Å². The summed E-state index contributed by atoms with van der Waals surface area (Å²) in [5.41, 5.74) is 2.28. The Bertz CT molecular complexity index is 700. The zero-order chi connectivity index (χ0) is 15.7. The predicted octanol–water partition coefficient (Wildman–Crippen LogP) is 3.87. The standard InChI is InChI=1S/C20H20O2/c1-14-8-10-15(11-9-14)13-20(2)18(21)12-17(19(20)22)16-6-4-3-5-7-16/h3-11,17H,12-13H2,1-2H3/t17-,20+/m1/s1. The van der Waals surface area contributed by atoms with Crippen molar-refractivity contribution in [3.05, 3.63) is 71.3 Å². The molecule has 0 heterocycles. The SMILES string of the molecule is Cc1ccc(C[C@@]2(C)C(=O)C[C@H](c3ccccc3)C2=O)cc1. The minimum atomic E-state index is -0.893. The molecule has 1 fully saturated rings. The number of carbonyl (C=O) groups excluding carboxylic acids is 2. The van der Waals surface area contributed by atoms with E-state index in [-0.39, 0.29) is 17.5 Å². The van der Waals surface area contributed by atoms with Crippen molar-refractivity contribution >= 4 is 11.6 Å². The molecule has 0 aliphatic heterocycles. The summed E-state index contributed by atoms with van der Waals surface area (Å²) in [5.74, 6) is -0.166. The minimum absolute atomic E-state index is 0.0595. The zero-order valence-corrected chi connectivity index (χ0v) is 13.0. The largest absolute Gasteiger partial charge is 0.299 e. The molecule has 0 N–H and O–H groups in total. The number of benzene rings is 2. The highest BCUT2D eigenvalue weighted by atomic mass is 16.2. The maximum atomic E-state index is 12.9. The van der Waals surface area contributed by atoms with E-state index in [0.29, 0.717) is 12.8 Å². The number of hydrogen-bond donors (Lipinski definition) is 0. The van der Waals surface area contributed by atoms with Crippen molar-refractivity contribution in [2.45, 2.75) is 32.6 Å². The van der Waals surface area contributed by atoms with E-state index in [0.717, 1.165) is 11.1 Å². The number of Topliss-reactive ketones (excluding diaryl/α,β-unsaturated/α-hetero) is 2. The quantitative estimate of drug-likeness (QED) is 0.805. The van der Waals surface area contributed by atoms with E-state index in [9.17, 15) is 9.59 Å². The second kappa shape index (κ2) is 5.53. The third-order valence-corrected chi connectivity index (χ3v) is 4.75. The number of aryl methyl sites for hydroxylation is 1. The summed E-state index contributed by atoms with van der Waals surface area (Å²) in [6, 6.07) is 17.7. The number of carbonyl (C=O) groups is 2. The fraction of sp³-hybridized carbons (Fsp3) is 0.300. The number of hydrogen-bond acceptors (Lipinski definition) is 2. The van der Waals surface area contributed by atoms with Crippen LogP contribution in [0.2, 0.25) is 0 Å². The lowest BCUT2D eigenvalue weighted by Crippen LogP contribution is -2.32. The lowest BCUT2D eigenvalue weighted by molar-refractivity contribution is -0.134. The highest BCUT2D eigenvalue weighted by Gasteiger charge is 2.51. The molecular formula is C20H20O2. The van der Waals surface area contributed by atoms with Crippen molar-refractivity contribution in [3.63, 3.8) is 0 Å². The Balaban J connectivity index is 1.88. The predicted molar refractivity (Wildman–Crippen MR) is 86.8 cm³/mol. The van der Waals surface area contributed by atoms with Gasteiger partial charge in [0.1, 0.15) is 5.78 Å². The van der Waals surface area contributed by atoms with Crippen LogP contribution in [-0.2, 0) is 16.0 Å². The summed E-state index contributed by atoms with van der Waals surface area (Å²) >= 11 is 0. The Kier molecular flexibility index (Phi) is 3.69. The van der Waals surface area contributed by atoms with Crippen LogP contribution in [0.4, 0.5) is 0 Å². The Morgan fingerprint density at radius 3 is 2.27 bits per heavy atom. The van der Waals surface area contributed by atoms with Crippen LogP contribution in [0.15, 0.2) is 54.6 Å². The van der Waals surface area contributed by atoms with Gasteiger partial charge < -0.3 is 0 Å². The normalized spacial score (nSPS) is 24.7. The van der Waals surface area contributed by atoms with Crippen LogP contribution < -0.4 is 0 Å². The van der Waals surface area contributed by atoms with Gasteiger partial charge >= 0.3 is 0 Å². The smallest absolute Gasteiger partial charge is 0.154 e. The Labute approximate surface area is 131 Å². The van der Waals surface area contributed by atoms with Crippen molar-refractivity contribution in [3.8, 4) is 0 Å². The molecule has 0 radical (unpaired) electrons. The summed E-state index contributed by atoms with van der Waals surface area (Å²) in [6.45, 7) is 3.84. The molecule has 2 aromatic rings. The molecule has 0 bridgehead atoms. The molecule has 1 aliphatic carbocycles. The van der Waals surface area contributed by atoms with Crippen molar-refractivity contribution in [1.29, 1.82) is 0 Å². The third-order valence-electron chi connectivity index (χ3n) is 4.75. The number of ketones is 2. The maximum Gasteiger partial charge on any atom is 0.154 e. The Morgan fingerprint density at radius 1 is 1.00 bits per heavy atom. The zero-order valence-electron chi connectivity index (χ0n) is 13.0. The third kappa shape index (κ3) is 2.50. The molecule has 0 amide bonds. The summed E-state index contributed by atoms with van der Waals surface area (Å²) in [5, 5.41) is 0. The lowest BCUT2D eigenvalue weighted by Gasteiger charge is -2.21. The lowest BCUT2D eigenvalue weighted by atomic mass is 9.79. The van der Waals surface area contributed by atoms with Crippen LogP contribution in [0, 0.1) is 12.3 Å². The van der Waals surface area contributed by atoms with Crippen LogP contribution >= 0.6 is 0 Å². The van der Waals surface area contributed by atoms with E-state index in [1.807, 2.05) is 61.5 Å². The Morgan fingerprint density at radius 2 is 1.64 bits per heavy atom. The first kappa shape index (κ1) is 14.7. The van der Waals surface area contributed by atoms with E-state index in [2.05, 4.69) is 0 Å². The van der Waals surface area contributed by atoms with Gasteiger partial charge in [-0.2, -0.15) is 0 Å². The molecule has 3 rings (SSSR count). The highest BCUT2D eigenvalue weighted by molar-refractivity contribution is 6.16. The molecule has 0 aromatic heterocycles. The van der Waals surface area contributed by atoms with Crippen LogP contribution in [0.5, 0.6) is 0 Å². The van der Waals surface area contributed by atoms with Gasteiger partial charge in [0.15, 0.2) is 5.78 Å². The average Bonchev–Trinajstić information content (AvgIpc) is 2.75. The van der Waals surface area contributed by atoms with Crippen LogP contribution in [-0.4, -0.2) is 11.6 Å². The second-order valence-corrected chi connectivity index (χ2v) is 6.45. The van der Waals surface area contributed by atoms with E-state index in [1.54, 1.807) is 6.92 Å². The van der Waals surface area contributed by atoms with Crippen molar-refractivity contribution in [2.75, 3.05) is 0 Å². The molecule has 0 spiro atoms. The van der Waals surface area contributed by atoms with Gasteiger partial charge in [0.05, 0.1) is 11.3 Å². The Hall–Kier alpha value is -2.22. The molecule has 2 atom stereocenters. The van der Waals surface area contributed by atoms with Gasteiger partial charge in [-0.1, -0.05) is 60.2 Å². The molecule has 22 heavy (non-hydrogen) atoms. The molecule has 1 aliphatic rings. The molecule has 1 saturated carbocycles. The first-order valence-corrected chi connectivity index (χ1v) is 7.69. The average molecular weight is 292 g/mol. The van der Waals surface area contributed by atoms with E-state index < -0.39 is 5.41 Å². The van der Waals surface area contributed by atoms with Gasteiger partial charge in [-0.15, -0.1) is 0 Å². The fourth-order valence-electron chi connectivity index (χ4n) is 3.28. The topological polar surface area (TPSA) is 34.1 Å². The first-order chi connectivity index (χ1) is 10.5. The molecule has 2 nitrogen and oxygen atoms in total. The van der Waals surface area contributed by atoms with Gasteiger partial charge in [-0.25, -0.2) is 0 Å². The molecular weight excluding hydrogens is 272 g/mol. The maximum absolute atomic E-state index is 12.9. The number of rotatable bonds is 3. The van der Waals surface area contributed by atoms with E-state index in [1.165, 1.54) is 5.56 Å². The summed E-state index contributed by atoms with van der Waals surface area (Å²) in [4.78, 5) is 25.4. The summed E-state index contributed by atoms with van der Waals surface area (Å²) in [6.07, 6.45) is 0.819. The first-order valence-electron chi connectivity index (χ1n) is 7.69. The molecule has 0 unspecified atom stereocenters. The van der Waals surface area contributed by atoms with Crippen molar-refractivity contribution in [2.24, 2.45) is 5.41 Å². The van der Waals surface area contributed by atoms with Crippen LogP contribution in [0.1, 0.15) is 36.0 Å². The molecule has 2 aromatic carbocycles. The minimum Gasteiger partial charge on any atom is -0.299 e. The van der Waals surface area contributed by atoms with Crippen molar-refractivity contribution < 1.29 is 9.59 Å². The molecule has 112 valence electrons. The fourth-order valence-corrected chi connectivity index (χ4v) is 3.28. The molecule has 0 saturated heterocycles. The van der Waals surface area contributed by atoms with Crippen LogP contribution in [0.25, 0.3) is 0 Å². The van der Waals surface area contributed by atoms with Gasteiger partial charge in [-0.05, 0) is 31.4 Å². The van der Waals surface area contributed by atoms with Gasteiger partial charge in [0, 0.05) is 6.42 Å². The highest BCUT2D eigenvalue weighted by Crippen LogP contribution is 2.42. The van der Waals surface area contributed by atoms with Gasteiger partial charge in [0.25, 0.3) is 0 Å². The van der Waals surface area contributed by atoms with Gasteiger partial charge in [-0.3, -0.25) is 9.59 Å². The monoisotopic (exact) mass is 292 g/mol. The summed E-state index contributed by atoms with van der Waals surface area (Å²) in [7, 11) is 0. The van der Waals surface area contributed by atoms with Gasteiger partial charge in [0.2, 0.25) is 0 Å². The second-order valence-electron chi connectivity index (χ2n) is 6.45. The van der Waals surface area contributed by atoms with Crippen molar-refractivity contribution in [1.82, 2.24) is 0 Å². The van der Waals surface area contributed by atoms with Crippen LogP contribution in [0.3, 0.4) is 0 Å². The van der Waals surface area contributed by atoms with E-state index >= 15 is 0 Å².